The van der Waals surface area contributed by atoms with E-state index in [9.17, 15) is 4.79 Å². The summed E-state index contributed by atoms with van der Waals surface area (Å²) in [6.45, 7) is -0.0536. The molecule has 0 saturated carbocycles. The molecular formula is C16H12Cl2N2O3. The highest BCUT2D eigenvalue weighted by molar-refractivity contribution is 6.33. The Morgan fingerprint density at radius 2 is 2.09 bits per heavy atom. The van der Waals surface area contributed by atoms with Gasteiger partial charge in [-0.15, -0.1) is 0 Å². The molecule has 0 unspecified atom stereocenters. The highest BCUT2D eigenvalue weighted by Crippen LogP contribution is 2.31. The molecule has 1 heterocycles. The van der Waals surface area contributed by atoms with Crippen molar-refractivity contribution in [3.8, 4) is 11.5 Å². The van der Waals surface area contributed by atoms with Crippen molar-refractivity contribution in [1.29, 1.82) is 0 Å². The number of carbonyl (C=O) groups is 1. The van der Waals surface area contributed by atoms with Gasteiger partial charge in [-0.1, -0.05) is 23.2 Å². The summed E-state index contributed by atoms with van der Waals surface area (Å²) in [5.41, 5.74) is 2.44. The molecule has 0 fully saturated rings. The van der Waals surface area contributed by atoms with Crippen LogP contribution in [0.5, 0.6) is 0 Å². The Bertz CT molecular complexity index is 877. The lowest BCUT2D eigenvalue weighted by Gasteiger charge is -2.07. The summed E-state index contributed by atoms with van der Waals surface area (Å²) in [5, 5.41) is 3.68. The molecule has 0 atom stereocenters. The lowest BCUT2D eigenvalue weighted by Crippen LogP contribution is -2.17. The fraction of sp³-hybridized carbons (Fsp3) is 0.125. The number of fused-ring (bicyclic) bond motifs is 1. The number of methoxy groups -OCH3 is 1. The van der Waals surface area contributed by atoms with Crippen LogP contribution in [0, 0.1) is 0 Å². The summed E-state index contributed by atoms with van der Waals surface area (Å²) in [6, 6.07) is 10.3. The number of nitrogens with zero attached hydrogens (tertiary/aromatic N) is 1. The Labute approximate surface area is 142 Å². The van der Waals surface area contributed by atoms with E-state index in [1.54, 1.807) is 36.4 Å². The van der Waals surface area contributed by atoms with Gasteiger partial charge < -0.3 is 14.5 Å². The molecule has 0 aliphatic heterocycles. The number of hydrogen-bond donors (Lipinski definition) is 1. The fourth-order valence-corrected chi connectivity index (χ4v) is 2.43. The molecular weight excluding hydrogens is 339 g/mol. The van der Waals surface area contributed by atoms with Crippen LogP contribution in [-0.2, 0) is 9.53 Å². The SMILES string of the molecule is COCC(=O)Nc1cc(-c2nc3cc(Cl)ccc3o2)ccc1Cl. The molecule has 23 heavy (non-hydrogen) atoms. The number of benzene rings is 2. The van der Waals surface area contributed by atoms with Crippen molar-refractivity contribution in [2.75, 3.05) is 19.0 Å². The van der Waals surface area contributed by atoms with Gasteiger partial charge in [0.05, 0.1) is 10.7 Å². The summed E-state index contributed by atoms with van der Waals surface area (Å²) < 4.78 is 10.5. The van der Waals surface area contributed by atoms with Crippen LogP contribution in [0.4, 0.5) is 5.69 Å². The molecule has 1 amide bonds. The molecule has 0 aliphatic carbocycles. The first-order valence-electron chi connectivity index (χ1n) is 6.71. The van der Waals surface area contributed by atoms with Gasteiger partial charge in [0.15, 0.2) is 5.58 Å². The van der Waals surface area contributed by atoms with Crippen molar-refractivity contribution < 1.29 is 13.9 Å². The van der Waals surface area contributed by atoms with Crippen molar-refractivity contribution in [3.63, 3.8) is 0 Å². The van der Waals surface area contributed by atoms with Gasteiger partial charge in [0.2, 0.25) is 11.8 Å². The molecule has 2 aromatic carbocycles. The van der Waals surface area contributed by atoms with Gasteiger partial charge in [-0.05, 0) is 36.4 Å². The number of oxazole rings is 1. The van der Waals surface area contributed by atoms with Gasteiger partial charge >= 0.3 is 0 Å². The topological polar surface area (TPSA) is 64.4 Å². The van der Waals surface area contributed by atoms with E-state index in [1.807, 2.05) is 0 Å². The van der Waals surface area contributed by atoms with Crippen LogP contribution in [0.25, 0.3) is 22.6 Å². The fourth-order valence-electron chi connectivity index (χ4n) is 2.10. The monoisotopic (exact) mass is 350 g/mol. The Morgan fingerprint density at radius 1 is 1.26 bits per heavy atom. The second-order valence-corrected chi connectivity index (χ2v) is 5.65. The van der Waals surface area contributed by atoms with Crippen LogP contribution in [0.1, 0.15) is 0 Å². The molecule has 0 spiro atoms. The highest BCUT2D eigenvalue weighted by Gasteiger charge is 2.12. The van der Waals surface area contributed by atoms with Gasteiger partial charge in [-0.25, -0.2) is 4.98 Å². The van der Waals surface area contributed by atoms with Gasteiger partial charge in [0.1, 0.15) is 12.1 Å². The third kappa shape index (κ3) is 3.47. The number of ether oxygens (including phenoxy) is 1. The van der Waals surface area contributed by atoms with E-state index in [-0.39, 0.29) is 12.5 Å². The normalized spacial score (nSPS) is 10.9. The quantitative estimate of drug-likeness (QED) is 0.757. The third-order valence-electron chi connectivity index (χ3n) is 3.11. The molecule has 0 bridgehead atoms. The van der Waals surface area contributed by atoms with Crippen molar-refractivity contribution >= 4 is 45.9 Å². The largest absolute Gasteiger partial charge is 0.436 e. The van der Waals surface area contributed by atoms with E-state index in [0.717, 1.165) is 0 Å². The van der Waals surface area contributed by atoms with Gasteiger partial charge in [-0.3, -0.25) is 4.79 Å². The minimum Gasteiger partial charge on any atom is -0.436 e. The summed E-state index contributed by atoms with van der Waals surface area (Å²) in [6.07, 6.45) is 0. The van der Waals surface area contributed by atoms with Crippen LogP contribution < -0.4 is 5.32 Å². The highest BCUT2D eigenvalue weighted by atomic mass is 35.5. The van der Waals surface area contributed by atoms with Gasteiger partial charge in [-0.2, -0.15) is 0 Å². The minimum absolute atomic E-state index is 0.0536. The Kier molecular flexibility index (Phi) is 4.52. The Balaban J connectivity index is 1.96. The number of nitrogens with one attached hydrogen (secondary N) is 1. The van der Waals surface area contributed by atoms with E-state index < -0.39 is 0 Å². The number of anilines is 1. The first-order valence-corrected chi connectivity index (χ1v) is 7.47. The number of rotatable bonds is 4. The number of aromatic nitrogens is 1. The molecule has 118 valence electrons. The second kappa shape index (κ2) is 6.58. The molecule has 5 nitrogen and oxygen atoms in total. The van der Waals surface area contributed by atoms with E-state index in [0.29, 0.717) is 38.3 Å². The Morgan fingerprint density at radius 3 is 2.87 bits per heavy atom. The van der Waals surface area contributed by atoms with E-state index >= 15 is 0 Å². The second-order valence-electron chi connectivity index (χ2n) is 4.81. The lowest BCUT2D eigenvalue weighted by molar-refractivity contribution is -0.119. The molecule has 3 aromatic rings. The smallest absolute Gasteiger partial charge is 0.250 e. The standard InChI is InChI=1S/C16H12Cl2N2O3/c1-22-8-15(21)19-12-6-9(2-4-11(12)18)16-20-13-7-10(17)3-5-14(13)23-16/h2-7H,8H2,1H3,(H,19,21). The summed E-state index contributed by atoms with van der Waals surface area (Å²) in [5.74, 6) is 0.122. The van der Waals surface area contributed by atoms with E-state index in [4.69, 9.17) is 32.4 Å². The number of amides is 1. The summed E-state index contributed by atoms with van der Waals surface area (Å²) >= 11 is 12.1. The van der Waals surface area contributed by atoms with Crippen LogP contribution in [0.15, 0.2) is 40.8 Å². The van der Waals surface area contributed by atoms with Crippen LogP contribution in [0.2, 0.25) is 10.0 Å². The predicted molar refractivity (Wildman–Crippen MR) is 90.0 cm³/mol. The predicted octanol–water partition coefficient (Wildman–Crippen LogP) is 4.39. The van der Waals surface area contributed by atoms with Crippen molar-refractivity contribution in [2.45, 2.75) is 0 Å². The van der Waals surface area contributed by atoms with E-state index in [1.165, 1.54) is 7.11 Å². The molecule has 0 aliphatic rings. The van der Waals surface area contributed by atoms with Crippen molar-refractivity contribution in [1.82, 2.24) is 4.98 Å². The zero-order valence-electron chi connectivity index (χ0n) is 12.1. The van der Waals surface area contributed by atoms with Crippen LogP contribution in [-0.4, -0.2) is 24.6 Å². The van der Waals surface area contributed by atoms with Gasteiger partial charge in [0, 0.05) is 17.7 Å². The number of hydrogen-bond acceptors (Lipinski definition) is 4. The van der Waals surface area contributed by atoms with E-state index in [2.05, 4.69) is 10.3 Å². The molecule has 0 saturated heterocycles. The first-order chi connectivity index (χ1) is 11.1. The van der Waals surface area contributed by atoms with Crippen LogP contribution in [0.3, 0.4) is 0 Å². The van der Waals surface area contributed by atoms with Crippen LogP contribution >= 0.6 is 23.2 Å². The maximum absolute atomic E-state index is 11.6. The molecule has 0 radical (unpaired) electrons. The summed E-state index contributed by atoms with van der Waals surface area (Å²) in [4.78, 5) is 16.0. The first kappa shape index (κ1) is 15.8. The molecule has 1 N–H and O–H groups in total. The molecule has 3 rings (SSSR count). The number of halogens is 2. The van der Waals surface area contributed by atoms with Crippen molar-refractivity contribution in [2.24, 2.45) is 0 Å². The third-order valence-corrected chi connectivity index (χ3v) is 3.68. The zero-order chi connectivity index (χ0) is 16.4. The number of carbonyl (C=O) groups excluding carboxylic acids is 1. The zero-order valence-corrected chi connectivity index (χ0v) is 13.6. The average molecular weight is 351 g/mol. The maximum Gasteiger partial charge on any atom is 0.250 e. The maximum atomic E-state index is 11.6. The molecule has 7 heteroatoms. The average Bonchev–Trinajstić information content (AvgIpc) is 2.92. The summed E-state index contributed by atoms with van der Waals surface area (Å²) in [7, 11) is 1.45. The lowest BCUT2D eigenvalue weighted by atomic mass is 10.2. The van der Waals surface area contributed by atoms with Gasteiger partial charge in [0.25, 0.3) is 0 Å². The Hall–Kier alpha value is -2.08. The minimum atomic E-state index is -0.295. The van der Waals surface area contributed by atoms with Crippen molar-refractivity contribution in [3.05, 3.63) is 46.4 Å². The molecule has 1 aromatic heterocycles.